The molecule has 1 amide bonds. The van der Waals surface area contributed by atoms with E-state index in [0.29, 0.717) is 18.4 Å². The molecule has 0 aromatic carbocycles. The number of alkyl carbamates (subject to hydrolysis) is 1. The van der Waals surface area contributed by atoms with Gasteiger partial charge in [0.05, 0.1) is 6.61 Å². The predicted molar refractivity (Wildman–Crippen MR) is 63.0 cm³/mol. The number of carbonyl (C=O) groups is 1. The van der Waals surface area contributed by atoms with Crippen LogP contribution in [0.25, 0.3) is 0 Å². The molecule has 3 heteroatoms. The van der Waals surface area contributed by atoms with Gasteiger partial charge in [-0.2, -0.15) is 0 Å². The summed E-state index contributed by atoms with van der Waals surface area (Å²) in [6.45, 7) is 2.23. The lowest BCUT2D eigenvalue weighted by Crippen LogP contribution is -2.43. The Morgan fingerprint density at radius 1 is 1.38 bits per heavy atom. The lowest BCUT2D eigenvalue weighted by atomic mass is 9.78. The highest BCUT2D eigenvalue weighted by molar-refractivity contribution is 5.67. The lowest BCUT2D eigenvalue weighted by Gasteiger charge is -2.33. The summed E-state index contributed by atoms with van der Waals surface area (Å²) in [6.07, 6.45) is 13.3. The Balaban J connectivity index is 2.00. The number of hydrogen-bond donors (Lipinski definition) is 1. The van der Waals surface area contributed by atoms with E-state index >= 15 is 0 Å². The van der Waals surface area contributed by atoms with Gasteiger partial charge < -0.3 is 10.1 Å². The minimum atomic E-state index is -0.315. The standard InChI is InChI=1S/C13H17NO2/c1-2-16-13(15)14-12-9-5-7-10-6-3-4-8-11(10)12/h3-8,10-12H,2,9H2,1H3,(H,14,15). The second-order valence-corrected chi connectivity index (χ2v) is 4.06. The van der Waals surface area contributed by atoms with Gasteiger partial charge in [-0.15, -0.1) is 0 Å². The van der Waals surface area contributed by atoms with Crippen molar-refractivity contribution >= 4 is 6.09 Å². The van der Waals surface area contributed by atoms with Gasteiger partial charge in [0.2, 0.25) is 0 Å². The molecule has 0 radical (unpaired) electrons. The van der Waals surface area contributed by atoms with Gasteiger partial charge in [0, 0.05) is 17.9 Å². The third-order valence-electron chi connectivity index (χ3n) is 3.01. The quantitative estimate of drug-likeness (QED) is 0.724. The lowest BCUT2D eigenvalue weighted by molar-refractivity contribution is 0.144. The molecule has 16 heavy (non-hydrogen) atoms. The average Bonchev–Trinajstić information content (AvgIpc) is 2.30. The summed E-state index contributed by atoms with van der Waals surface area (Å²) in [5.41, 5.74) is 0. The number of hydrogen-bond acceptors (Lipinski definition) is 2. The Labute approximate surface area is 95.9 Å². The van der Waals surface area contributed by atoms with E-state index in [9.17, 15) is 4.79 Å². The largest absolute Gasteiger partial charge is 0.450 e. The summed E-state index contributed by atoms with van der Waals surface area (Å²) >= 11 is 0. The van der Waals surface area contributed by atoms with Crippen molar-refractivity contribution in [2.75, 3.05) is 6.61 Å². The number of amides is 1. The SMILES string of the molecule is CCOC(=O)NC1CC=CC2C=CC=CC21. The van der Waals surface area contributed by atoms with Gasteiger partial charge in [-0.05, 0) is 13.3 Å². The minimum absolute atomic E-state index is 0.148. The molecule has 1 N–H and O–H groups in total. The maximum atomic E-state index is 11.4. The maximum Gasteiger partial charge on any atom is 0.407 e. The van der Waals surface area contributed by atoms with Crippen molar-refractivity contribution in [1.82, 2.24) is 5.32 Å². The molecule has 0 bridgehead atoms. The van der Waals surface area contributed by atoms with Gasteiger partial charge in [-0.1, -0.05) is 36.5 Å². The molecule has 3 unspecified atom stereocenters. The van der Waals surface area contributed by atoms with Gasteiger partial charge in [0.1, 0.15) is 0 Å². The topological polar surface area (TPSA) is 38.3 Å². The molecule has 3 nitrogen and oxygen atoms in total. The van der Waals surface area contributed by atoms with E-state index < -0.39 is 0 Å². The number of nitrogens with one attached hydrogen (secondary N) is 1. The summed E-state index contributed by atoms with van der Waals surface area (Å²) in [5.74, 6) is 0.769. The molecule has 2 aliphatic carbocycles. The van der Waals surface area contributed by atoms with Crippen LogP contribution in [0.3, 0.4) is 0 Å². The fraction of sp³-hybridized carbons (Fsp3) is 0.462. The van der Waals surface area contributed by atoms with Crippen LogP contribution in [-0.2, 0) is 4.74 Å². The third-order valence-corrected chi connectivity index (χ3v) is 3.01. The van der Waals surface area contributed by atoms with Crippen LogP contribution in [0, 0.1) is 11.8 Å². The van der Waals surface area contributed by atoms with E-state index in [1.54, 1.807) is 0 Å². The van der Waals surface area contributed by atoms with E-state index in [4.69, 9.17) is 4.74 Å². The van der Waals surface area contributed by atoms with E-state index in [1.165, 1.54) is 0 Å². The molecule has 0 aliphatic heterocycles. The van der Waals surface area contributed by atoms with Crippen LogP contribution >= 0.6 is 0 Å². The van der Waals surface area contributed by atoms with Crippen LogP contribution in [0.5, 0.6) is 0 Å². The Bertz CT molecular complexity index is 344. The van der Waals surface area contributed by atoms with Gasteiger partial charge in [-0.3, -0.25) is 0 Å². The molecule has 3 atom stereocenters. The predicted octanol–water partition coefficient (Wildman–Crippen LogP) is 2.42. The Hall–Kier alpha value is -1.51. The summed E-state index contributed by atoms with van der Waals surface area (Å²) in [5, 5.41) is 2.92. The van der Waals surface area contributed by atoms with Crippen LogP contribution in [0.2, 0.25) is 0 Å². The summed E-state index contributed by atoms with van der Waals surface area (Å²) in [6, 6.07) is 0.148. The highest BCUT2D eigenvalue weighted by atomic mass is 16.5. The molecule has 0 spiro atoms. The van der Waals surface area contributed by atoms with Gasteiger partial charge in [0.25, 0.3) is 0 Å². The molecule has 86 valence electrons. The van der Waals surface area contributed by atoms with Crippen molar-refractivity contribution in [3.05, 3.63) is 36.5 Å². The number of fused-ring (bicyclic) bond motifs is 1. The molecule has 0 aromatic rings. The molecular weight excluding hydrogens is 202 g/mol. The third kappa shape index (κ3) is 2.35. The second kappa shape index (κ2) is 5.01. The number of allylic oxidation sites excluding steroid dienone is 4. The Morgan fingerprint density at radius 2 is 2.19 bits per heavy atom. The number of ether oxygens (including phenoxy) is 1. The summed E-state index contributed by atoms with van der Waals surface area (Å²) in [4.78, 5) is 11.4. The molecule has 0 saturated heterocycles. The molecular formula is C13H17NO2. The van der Waals surface area contributed by atoms with E-state index in [2.05, 4.69) is 35.7 Å². The first-order valence-corrected chi connectivity index (χ1v) is 5.76. The molecule has 2 rings (SSSR count). The van der Waals surface area contributed by atoms with Crippen molar-refractivity contribution in [2.45, 2.75) is 19.4 Å². The molecule has 0 aromatic heterocycles. The monoisotopic (exact) mass is 219 g/mol. The second-order valence-electron chi connectivity index (χ2n) is 4.06. The van der Waals surface area contributed by atoms with E-state index in [0.717, 1.165) is 6.42 Å². The zero-order valence-electron chi connectivity index (χ0n) is 9.43. The summed E-state index contributed by atoms with van der Waals surface area (Å²) < 4.78 is 4.91. The zero-order valence-corrected chi connectivity index (χ0v) is 9.43. The van der Waals surface area contributed by atoms with Gasteiger partial charge >= 0.3 is 6.09 Å². The van der Waals surface area contributed by atoms with Crippen molar-refractivity contribution in [2.24, 2.45) is 11.8 Å². The van der Waals surface area contributed by atoms with Crippen LogP contribution < -0.4 is 5.32 Å². The molecule has 0 saturated carbocycles. The van der Waals surface area contributed by atoms with Crippen molar-refractivity contribution in [1.29, 1.82) is 0 Å². The zero-order chi connectivity index (χ0) is 11.4. The van der Waals surface area contributed by atoms with Gasteiger partial charge in [0.15, 0.2) is 0 Å². The number of rotatable bonds is 2. The average molecular weight is 219 g/mol. The molecule has 0 heterocycles. The van der Waals surface area contributed by atoms with Gasteiger partial charge in [-0.25, -0.2) is 4.79 Å². The normalized spacial score (nSPS) is 30.9. The first-order valence-electron chi connectivity index (χ1n) is 5.76. The van der Waals surface area contributed by atoms with E-state index in [-0.39, 0.29) is 12.1 Å². The van der Waals surface area contributed by atoms with Crippen LogP contribution in [0.15, 0.2) is 36.5 Å². The number of carbonyl (C=O) groups excluding carboxylic acids is 1. The summed E-state index contributed by atoms with van der Waals surface area (Å²) in [7, 11) is 0. The highest BCUT2D eigenvalue weighted by Crippen LogP contribution is 2.29. The van der Waals surface area contributed by atoms with E-state index in [1.807, 2.05) is 13.0 Å². The van der Waals surface area contributed by atoms with Crippen LogP contribution in [0.1, 0.15) is 13.3 Å². The fourth-order valence-electron chi connectivity index (χ4n) is 2.26. The Kier molecular flexibility index (Phi) is 3.44. The smallest absolute Gasteiger partial charge is 0.407 e. The minimum Gasteiger partial charge on any atom is -0.450 e. The first-order chi connectivity index (χ1) is 7.81. The van der Waals surface area contributed by atoms with Crippen molar-refractivity contribution in [3.8, 4) is 0 Å². The van der Waals surface area contributed by atoms with Crippen molar-refractivity contribution < 1.29 is 9.53 Å². The Morgan fingerprint density at radius 3 is 3.00 bits per heavy atom. The highest BCUT2D eigenvalue weighted by Gasteiger charge is 2.29. The first kappa shape index (κ1) is 11.0. The van der Waals surface area contributed by atoms with Crippen molar-refractivity contribution in [3.63, 3.8) is 0 Å². The molecule has 0 fully saturated rings. The fourth-order valence-corrected chi connectivity index (χ4v) is 2.26. The van der Waals surface area contributed by atoms with Crippen LogP contribution in [0.4, 0.5) is 4.79 Å². The molecule has 2 aliphatic rings. The van der Waals surface area contributed by atoms with Crippen LogP contribution in [-0.4, -0.2) is 18.7 Å². The maximum absolute atomic E-state index is 11.4.